The Morgan fingerprint density at radius 1 is 1.77 bits per heavy atom. The first-order valence-corrected chi connectivity index (χ1v) is 3.69. The summed E-state index contributed by atoms with van der Waals surface area (Å²) < 4.78 is 0. The first-order valence-electron chi connectivity index (χ1n) is 3.69. The quantitative estimate of drug-likeness (QED) is 0.502. The third kappa shape index (κ3) is 2.29. The molecule has 0 aromatic carbocycles. The predicted molar refractivity (Wildman–Crippen MR) is 48.1 cm³/mol. The summed E-state index contributed by atoms with van der Waals surface area (Å²) >= 11 is 0. The van der Waals surface area contributed by atoms with Gasteiger partial charge in [0.1, 0.15) is 0 Å². The van der Waals surface area contributed by atoms with E-state index in [1.54, 1.807) is 19.3 Å². The Kier molecular flexibility index (Phi) is 2.63. The van der Waals surface area contributed by atoms with Crippen molar-refractivity contribution < 1.29 is 4.79 Å². The Balaban J connectivity index is 2.78. The summed E-state index contributed by atoms with van der Waals surface area (Å²) in [7, 11) is 1.49. The van der Waals surface area contributed by atoms with Crippen LogP contribution in [-0.2, 0) is 0 Å². The van der Waals surface area contributed by atoms with Crippen molar-refractivity contribution in [2.24, 2.45) is 10.8 Å². The molecule has 0 aliphatic rings. The molecule has 1 aromatic rings. The van der Waals surface area contributed by atoms with Gasteiger partial charge in [0.05, 0.1) is 11.9 Å². The average molecular weight is 181 g/mol. The first kappa shape index (κ1) is 9.24. The Morgan fingerprint density at radius 3 is 2.92 bits per heavy atom. The van der Waals surface area contributed by atoms with Crippen molar-refractivity contribution in [1.82, 2.24) is 15.2 Å². The molecule has 13 heavy (non-hydrogen) atoms. The van der Waals surface area contributed by atoms with E-state index in [2.05, 4.69) is 15.3 Å². The molecule has 0 unspecified atom stereocenters. The third-order valence-electron chi connectivity index (χ3n) is 1.53. The van der Waals surface area contributed by atoms with Crippen molar-refractivity contribution in [2.75, 3.05) is 7.05 Å². The maximum Gasteiger partial charge on any atom is 0.334 e. The molecule has 0 bridgehead atoms. The lowest BCUT2D eigenvalue weighted by Gasteiger charge is -2.07. The number of aromatic amines is 1. The highest BCUT2D eigenvalue weighted by molar-refractivity contribution is 5.98. The highest BCUT2D eigenvalue weighted by atomic mass is 16.2. The molecule has 2 amide bonds. The topological polar surface area (TPSA) is 87.4 Å². The second kappa shape index (κ2) is 3.70. The van der Waals surface area contributed by atoms with Crippen molar-refractivity contribution in [3.8, 4) is 0 Å². The van der Waals surface area contributed by atoms with Crippen LogP contribution in [0.3, 0.4) is 0 Å². The van der Waals surface area contributed by atoms with Crippen LogP contribution < -0.4 is 5.73 Å². The van der Waals surface area contributed by atoms with E-state index in [1.165, 1.54) is 7.05 Å². The van der Waals surface area contributed by atoms with Crippen LogP contribution in [0, 0.1) is 0 Å². The van der Waals surface area contributed by atoms with Gasteiger partial charge in [0.2, 0.25) is 0 Å². The largest absolute Gasteiger partial charge is 0.350 e. The van der Waals surface area contributed by atoms with Gasteiger partial charge < -0.3 is 5.73 Å². The Labute approximate surface area is 75.4 Å². The number of hydrogen-bond acceptors (Lipinski definition) is 3. The van der Waals surface area contributed by atoms with Gasteiger partial charge in [-0.3, -0.25) is 5.10 Å². The molecular weight excluding hydrogens is 170 g/mol. The molecule has 6 nitrogen and oxygen atoms in total. The highest BCUT2D eigenvalue weighted by Crippen LogP contribution is 1.98. The molecular formula is C7H11N5O. The number of hydrogen-bond donors (Lipinski definition) is 2. The minimum Gasteiger partial charge on any atom is -0.350 e. The van der Waals surface area contributed by atoms with E-state index < -0.39 is 6.03 Å². The van der Waals surface area contributed by atoms with Gasteiger partial charge in [-0.1, -0.05) is 0 Å². The number of amides is 2. The van der Waals surface area contributed by atoms with Crippen molar-refractivity contribution in [1.29, 1.82) is 0 Å². The van der Waals surface area contributed by atoms with Crippen LogP contribution in [0.15, 0.2) is 17.5 Å². The third-order valence-corrected chi connectivity index (χ3v) is 1.53. The highest BCUT2D eigenvalue weighted by Gasteiger charge is 2.03. The zero-order chi connectivity index (χ0) is 9.84. The van der Waals surface area contributed by atoms with Gasteiger partial charge in [0, 0.05) is 18.8 Å². The van der Waals surface area contributed by atoms with Gasteiger partial charge in [-0.05, 0) is 6.92 Å². The normalized spacial score (nSPS) is 11.4. The van der Waals surface area contributed by atoms with Gasteiger partial charge in [0.25, 0.3) is 0 Å². The van der Waals surface area contributed by atoms with Crippen LogP contribution in [-0.4, -0.2) is 34.0 Å². The van der Waals surface area contributed by atoms with Gasteiger partial charge >= 0.3 is 6.03 Å². The smallest absolute Gasteiger partial charge is 0.334 e. The summed E-state index contributed by atoms with van der Waals surface area (Å²) in [5, 5.41) is 11.4. The molecule has 3 N–H and O–H groups in total. The van der Waals surface area contributed by atoms with E-state index in [1.807, 2.05) is 0 Å². The number of nitrogens with two attached hydrogens (primary N) is 1. The molecule has 6 heteroatoms. The van der Waals surface area contributed by atoms with Crippen molar-refractivity contribution in [3.63, 3.8) is 0 Å². The number of H-pyrrole nitrogens is 1. The molecule has 1 aromatic heterocycles. The molecule has 0 aliphatic carbocycles. The van der Waals surface area contributed by atoms with Gasteiger partial charge in [0.15, 0.2) is 0 Å². The lowest BCUT2D eigenvalue weighted by molar-refractivity contribution is 0.220. The number of nitrogens with one attached hydrogen (secondary N) is 1. The second-order valence-electron chi connectivity index (χ2n) is 2.53. The fraction of sp³-hybridized carbons (Fsp3) is 0.286. The molecule has 0 aliphatic heterocycles. The number of rotatable bonds is 2. The zero-order valence-electron chi connectivity index (χ0n) is 7.48. The lowest BCUT2D eigenvalue weighted by atomic mass is 10.2. The molecule has 0 fully saturated rings. The second-order valence-corrected chi connectivity index (χ2v) is 2.53. The van der Waals surface area contributed by atoms with Crippen molar-refractivity contribution in [2.45, 2.75) is 6.92 Å². The van der Waals surface area contributed by atoms with E-state index in [9.17, 15) is 4.79 Å². The number of urea groups is 1. The summed E-state index contributed by atoms with van der Waals surface area (Å²) in [6.45, 7) is 1.77. The summed E-state index contributed by atoms with van der Waals surface area (Å²) in [4.78, 5) is 10.6. The predicted octanol–water partition coefficient (Wildman–Crippen LogP) is 0.144. The Bertz CT molecular complexity index is 316. The minimum atomic E-state index is -0.595. The van der Waals surface area contributed by atoms with Crippen LogP contribution >= 0.6 is 0 Å². The lowest BCUT2D eigenvalue weighted by Crippen LogP contribution is -2.28. The van der Waals surface area contributed by atoms with Crippen molar-refractivity contribution in [3.05, 3.63) is 18.0 Å². The molecule has 0 radical (unpaired) electrons. The van der Waals surface area contributed by atoms with Crippen LogP contribution in [0.2, 0.25) is 0 Å². The summed E-state index contributed by atoms with van der Waals surface area (Å²) in [6.07, 6.45) is 3.31. The average Bonchev–Trinajstić information content (AvgIpc) is 2.55. The molecule has 0 saturated carbocycles. The molecule has 0 atom stereocenters. The van der Waals surface area contributed by atoms with E-state index in [4.69, 9.17) is 5.73 Å². The summed E-state index contributed by atoms with van der Waals surface area (Å²) in [5.74, 6) is 0. The van der Waals surface area contributed by atoms with Crippen molar-refractivity contribution >= 4 is 11.7 Å². The number of carbonyl (C=O) groups excluding carboxylic acids is 1. The fourth-order valence-corrected chi connectivity index (χ4v) is 0.781. The van der Waals surface area contributed by atoms with E-state index in [0.29, 0.717) is 5.71 Å². The van der Waals surface area contributed by atoms with E-state index in [-0.39, 0.29) is 0 Å². The van der Waals surface area contributed by atoms with E-state index in [0.717, 1.165) is 10.6 Å². The maximum atomic E-state index is 10.6. The number of aromatic nitrogens is 2. The van der Waals surface area contributed by atoms with Crippen LogP contribution in [0.4, 0.5) is 4.79 Å². The number of hydrazone groups is 1. The molecule has 1 rings (SSSR count). The van der Waals surface area contributed by atoms with E-state index >= 15 is 0 Å². The standard InChI is InChI=1S/C7H11N5O/c1-5(6-3-9-10-4-6)11-12(2)7(8)13/h3-4H,1-2H3,(H2,8,13)(H,9,10)/b11-5+. The summed E-state index contributed by atoms with van der Waals surface area (Å²) in [5.41, 5.74) is 6.50. The molecule has 70 valence electrons. The van der Waals surface area contributed by atoms with Crippen LogP contribution in [0.25, 0.3) is 0 Å². The molecule has 1 heterocycles. The van der Waals surface area contributed by atoms with Gasteiger partial charge in [-0.15, -0.1) is 0 Å². The van der Waals surface area contributed by atoms with Crippen LogP contribution in [0.5, 0.6) is 0 Å². The Hall–Kier alpha value is -1.85. The monoisotopic (exact) mass is 181 g/mol. The maximum absolute atomic E-state index is 10.6. The van der Waals surface area contributed by atoms with Gasteiger partial charge in [-0.25, -0.2) is 9.80 Å². The molecule has 0 spiro atoms. The number of nitrogens with zero attached hydrogens (tertiary/aromatic N) is 3. The zero-order valence-corrected chi connectivity index (χ0v) is 7.48. The number of carbonyl (C=O) groups is 1. The van der Waals surface area contributed by atoms with Gasteiger partial charge in [-0.2, -0.15) is 10.2 Å². The first-order chi connectivity index (χ1) is 6.11. The molecule has 0 saturated heterocycles. The van der Waals surface area contributed by atoms with Crippen LogP contribution in [0.1, 0.15) is 12.5 Å². The SMILES string of the molecule is C/C(=N\N(C)C(N)=O)c1cn[nH]c1. The Morgan fingerprint density at radius 2 is 2.46 bits per heavy atom. The number of primary amides is 1. The fourth-order valence-electron chi connectivity index (χ4n) is 0.781. The summed E-state index contributed by atoms with van der Waals surface area (Å²) in [6, 6.07) is -0.595. The minimum absolute atomic E-state index is 0.595.